The number of carbonyl (C=O) groups excluding carboxylic acids is 1. The van der Waals surface area contributed by atoms with Gasteiger partial charge in [-0.3, -0.25) is 4.79 Å². The molecule has 0 unspecified atom stereocenters. The van der Waals surface area contributed by atoms with Crippen LogP contribution in [0.5, 0.6) is 0 Å². The average Bonchev–Trinajstić information content (AvgIpc) is 2.31. The van der Waals surface area contributed by atoms with Crippen molar-refractivity contribution >= 4 is 11.5 Å². The Labute approximate surface area is 111 Å². The lowest BCUT2D eigenvalue weighted by Gasteiger charge is -2.01. The van der Waals surface area contributed by atoms with Gasteiger partial charge in [0.1, 0.15) is 0 Å². The van der Waals surface area contributed by atoms with E-state index in [9.17, 15) is 4.79 Å². The Hall–Kier alpha value is -1.68. The summed E-state index contributed by atoms with van der Waals surface area (Å²) in [5, 5.41) is 0. The van der Waals surface area contributed by atoms with Gasteiger partial charge in [0.15, 0.2) is 12.4 Å². The summed E-state index contributed by atoms with van der Waals surface area (Å²) in [6, 6.07) is 12.8. The van der Waals surface area contributed by atoms with E-state index in [1.54, 1.807) is 12.1 Å². The van der Waals surface area contributed by atoms with Gasteiger partial charge in [-0.2, -0.15) is 4.57 Å². The van der Waals surface area contributed by atoms with E-state index in [0.717, 1.165) is 0 Å². The number of rotatable bonds is 3. The highest BCUT2D eigenvalue weighted by atomic mass is 79.9. The lowest BCUT2D eigenvalue weighted by atomic mass is 10.1. The minimum atomic E-state index is 0. The van der Waals surface area contributed by atoms with Crippen molar-refractivity contribution in [2.75, 3.05) is 5.73 Å². The van der Waals surface area contributed by atoms with E-state index in [1.807, 2.05) is 47.3 Å². The molecule has 88 valence electrons. The molecule has 0 saturated carbocycles. The summed E-state index contributed by atoms with van der Waals surface area (Å²) in [7, 11) is 0. The number of anilines is 1. The molecule has 3 nitrogen and oxygen atoms in total. The monoisotopic (exact) mass is 292 g/mol. The fourth-order valence-electron chi connectivity index (χ4n) is 1.54. The number of carbonyl (C=O) groups is 1. The number of aromatic nitrogens is 1. The molecule has 1 aromatic carbocycles. The van der Waals surface area contributed by atoms with Crippen LogP contribution in [0.3, 0.4) is 0 Å². The Bertz CT molecular complexity index is 500. The number of benzene rings is 1. The number of para-hydroxylation sites is 1. The fraction of sp³-hybridized carbons (Fsp3) is 0.0769. The Morgan fingerprint density at radius 2 is 1.71 bits per heavy atom. The van der Waals surface area contributed by atoms with Crippen molar-refractivity contribution in [1.82, 2.24) is 0 Å². The predicted molar refractivity (Wildman–Crippen MR) is 61.8 cm³/mol. The molecule has 0 aliphatic heterocycles. The first-order chi connectivity index (χ1) is 7.77. The molecule has 1 aromatic heterocycles. The van der Waals surface area contributed by atoms with Crippen LogP contribution in [0.2, 0.25) is 0 Å². The Kier molecular flexibility index (Phi) is 4.84. The number of nitrogens with two attached hydrogens (primary N) is 1. The molecular formula is C13H13BrN2O. The van der Waals surface area contributed by atoms with Gasteiger partial charge in [0.05, 0.1) is 0 Å². The molecule has 0 aliphatic rings. The number of Topliss-reactive ketones (excluding diaryl/α,β-unsaturated/α-hetero) is 1. The smallest absolute Gasteiger partial charge is 0.229 e. The van der Waals surface area contributed by atoms with Crippen LogP contribution in [0.15, 0.2) is 54.9 Å². The molecule has 0 fully saturated rings. The molecule has 0 amide bonds. The van der Waals surface area contributed by atoms with Crippen molar-refractivity contribution in [3.05, 3.63) is 60.4 Å². The topological polar surface area (TPSA) is 47.0 Å². The normalized spacial score (nSPS) is 9.41. The molecule has 17 heavy (non-hydrogen) atoms. The zero-order valence-electron chi connectivity index (χ0n) is 9.21. The van der Waals surface area contributed by atoms with E-state index in [2.05, 4.69) is 0 Å². The van der Waals surface area contributed by atoms with E-state index in [1.165, 1.54) is 0 Å². The number of ketones is 1. The number of nitrogen functional groups attached to an aromatic ring is 1. The SMILES string of the molecule is Nc1ccccc1C(=O)C[n+]1ccccc1.[Br-]. The molecule has 2 N–H and O–H groups in total. The third-order valence-corrected chi connectivity index (χ3v) is 2.36. The summed E-state index contributed by atoms with van der Waals surface area (Å²) in [4.78, 5) is 11.9. The summed E-state index contributed by atoms with van der Waals surface area (Å²) in [6.45, 7) is 0.315. The van der Waals surface area contributed by atoms with Crippen LogP contribution in [0.1, 0.15) is 10.4 Å². The van der Waals surface area contributed by atoms with Crippen molar-refractivity contribution in [1.29, 1.82) is 0 Å². The number of pyridine rings is 1. The van der Waals surface area contributed by atoms with Gasteiger partial charge in [-0.1, -0.05) is 18.2 Å². The van der Waals surface area contributed by atoms with Crippen molar-refractivity contribution in [3.63, 3.8) is 0 Å². The van der Waals surface area contributed by atoms with Crippen LogP contribution in [-0.4, -0.2) is 5.78 Å². The summed E-state index contributed by atoms with van der Waals surface area (Å²) in [5.74, 6) is 0.0225. The molecular weight excluding hydrogens is 280 g/mol. The summed E-state index contributed by atoms with van der Waals surface area (Å²) in [5.41, 5.74) is 6.86. The minimum Gasteiger partial charge on any atom is -1.00 e. The summed E-state index contributed by atoms with van der Waals surface area (Å²) >= 11 is 0. The molecule has 0 spiro atoms. The van der Waals surface area contributed by atoms with Crippen LogP contribution in [-0.2, 0) is 6.54 Å². The van der Waals surface area contributed by atoms with Crippen LogP contribution >= 0.6 is 0 Å². The first kappa shape index (κ1) is 13.4. The fourth-order valence-corrected chi connectivity index (χ4v) is 1.54. The maximum atomic E-state index is 11.9. The van der Waals surface area contributed by atoms with E-state index in [4.69, 9.17) is 5.73 Å². The molecule has 1 heterocycles. The highest BCUT2D eigenvalue weighted by Gasteiger charge is 2.13. The second kappa shape index (κ2) is 6.15. The number of hydrogen-bond donors (Lipinski definition) is 1. The van der Waals surface area contributed by atoms with Gasteiger partial charge in [-0.05, 0) is 12.1 Å². The maximum absolute atomic E-state index is 11.9. The largest absolute Gasteiger partial charge is 1.00 e. The molecule has 0 bridgehead atoms. The molecule has 4 heteroatoms. The summed E-state index contributed by atoms with van der Waals surface area (Å²) < 4.78 is 1.83. The third-order valence-electron chi connectivity index (χ3n) is 2.36. The Morgan fingerprint density at radius 1 is 1.06 bits per heavy atom. The first-order valence-electron chi connectivity index (χ1n) is 5.09. The molecule has 0 saturated heterocycles. The lowest BCUT2D eigenvalue weighted by Crippen LogP contribution is -3.00. The van der Waals surface area contributed by atoms with E-state index >= 15 is 0 Å². The number of halogens is 1. The van der Waals surface area contributed by atoms with Crippen molar-refractivity contribution in [3.8, 4) is 0 Å². The van der Waals surface area contributed by atoms with Crippen LogP contribution in [0.4, 0.5) is 5.69 Å². The van der Waals surface area contributed by atoms with E-state index < -0.39 is 0 Å². The van der Waals surface area contributed by atoms with Gasteiger partial charge >= 0.3 is 0 Å². The number of hydrogen-bond acceptors (Lipinski definition) is 2. The molecule has 0 radical (unpaired) electrons. The Balaban J connectivity index is 0.00000144. The quantitative estimate of drug-likeness (QED) is 0.423. The second-order valence-electron chi connectivity index (χ2n) is 3.56. The lowest BCUT2D eigenvalue weighted by molar-refractivity contribution is -0.683. The standard InChI is InChI=1S/C13H12N2O.BrH/c14-12-7-3-2-6-11(12)13(16)10-15-8-4-1-5-9-15;/h1-9H,10H2,(H-,14,16);1H. The minimum absolute atomic E-state index is 0. The highest BCUT2D eigenvalue weighted by Crippen LogP contribution is 2.10. The summed E-state index contributed by atoms with van der Waals surface area (Å²) in [6.07, 6.45) is 3.72. The molecule has 2 rings (SSSR count). The van der Waals surface area contributed by atoms with Gasteiger partial charge in [-0.15, -0.1) is 0 Å². The van der Waals surface area contributed by atoms with Gasteiger partial charge in [0.2, 0.25) is 12.3 Å². The van der Waals surface area contributed by atoms with Crippen molar-refractivity contribution in [2.45, 2.75) is 6.54 Å². The molecule has 0 atom stereocenters. The van der Waals surface area contributed by atoms with Gasteiger partial charge < -0.3 is 22.7 Å². The van der Waals surface area contributed by atoms with E-state index in [0.29, 0.717) is 17.8 Å². The average molecular weight is 293 g/mol. The van der Waals surface area contributed by atoms with Crippen LogP contribution in [0.25, 0.3) is 0 Å². The van der Waals surface area contributed by atoms with Gasteiger partial charge in [-0.25, -0.2) is 0 Å². The van der Waals surface area contributed by atoms with E-state index in [-0.39, 0.29) is 22.8 Å². The van der Waals surface area contributed by atoms with Crippen LogP contribution in [0, 0.1) is 0 Å². The maximum Gasteiger partial charge on any atom is 0.229 e. The molecule has 2 aromatic rings. The Morgan fingerprint density at radius 3 is 2.35 bits per heavy atom. The van der Waals surface area contributed by atoms with Gasteiger partial charge in [0, 0.05) is 23.4 Å². The van der Waals surface area contributed by atoms with Crippen LogP contribution < -0.4 is 27.3 Å². The molecule has 0 aliphatic carbocycles. The predicted octanol–water partition coefficient (Wildman–Crippen LogP) is -1.56. The third kappa shape index (κ3) is 3.39. The zero-order valence-corrected chi connectivity index (χ0v) is 10.8. The van der Waals surface area contributed by atoms with Crippen molar-refractivity contribution < 1.29 is 26.3 Å². The first-order valence-corrected chi connectivity index (χ1v) is 5.09. The zero-order chi connectivity index (χ0) is 11.4. The second-order valence-corrected chi connectivity index (χ2v) is 3.56. The highest BCUT2D eigenvalue weighted by molar-refractivity contribution is 5.99. The van der Waals surface area contributed by atoms with Gasteiger partial charge in [0.25, 0.3) is 0 Å². The van der Waals surface area contributed by atoms with Crippen molar-refractivity contribution in [2.24, 2.45) is 0 Å². The number of nitrogens with zero attached hydrogens (tertiary/aromatic N) is 1.